The number of nitro groups is 1. The number of hydrogen-bond donors (Lipinski definition) is 0. The molecule has 1 aliphatic carbocycles. The fourth-order valence-electron chi connectivity index (χ4n) is 1.73. The van der Waals surface area contributed by atoms with Gasteiger partial charge in [0.1, 0.15) is 0 Å². The second-order valence-electron chi connectivity index (χ2n) is 4.23. The van der Waals surface area contributed by atoms with Gasteiger partial charge in [0.2, 0.25) is 6.54 Å². The van der Waals surface area contributed by atoms with Gasteiger partial charge in [-0.2, -0.15) is 0 Å². The van der Waals surface area contributed by atoms with E-state index in [0.29, 0.717) is 0 Å². The lowest BCUT2D eigenvalue weighted by molar-refractivity contribution is -0.471. The van der Waals surface area contributed by atoms with E-state index < -0.39 is 0 Å². The zero-order chi connectivity index (χ0) is 9.19. The molecule has 0 bridgehead atoms. The predicted molar refractivity (Wildman–Crippen MR) is 54.3 cm³/mol. The van der Waals surface area contributed by atoms with Crippen LogP contribution >= 0.6 is 0 Å². The third-order valence-corrected chi connectivity index (χ3v) is 2.29. The summed E-state index contributed by atoms with van der Waals surface area (Å²) in [5.74, 6) is 0. The quantitative estimate of drug-likeness (QED) is 0.377. The summed E-state index contributed by atoms with van der Waals surface area (Å²) in [5.41, 5.74) is 1.26. The van der Waals surface area contributed by atoms with Crippen molar-refractivity contribution in [3.05, 3.63) is 21.8 Å². The van der Waals surface area contributed by atoms with E-state index in [1.807, 2.05) is 6.08 Å². The molecule has 13 heavy (non-hydrogen) atoms. The lowest BCUT2D eigenvalue weighted by Gasteiger charge is -2.28. The van der Waals surface area contributed by atoms with Crippen LogP contribution in [0.5, 0.6) is 0 Å². The smallest absolute Gasteiger partial charge is 0.224 e. The topological polar surface area (TPSA) is 43.1 Å². The maximum atomic E-state index is 10.2. The van der Waals surface area contributed by atoms with Crippen molar-refractivity contribution < 1.29 is 4.92 Å². The van der Waals surface area contributed by atoms with Gasteiger partial charge in [0.05, 0.1) is 0 Å². The van der Waals surface area contributed by atoms with Crippen molar-refractivity contribution in [2.24, 2.45) is 5.41 Å². The highest BCUT2D eigenvalue weighted by Crippen LogP contribution is 2.34. The molecule has 0 aliphatic heterocycles. The normalized spacial score (nSPS) is 20.0. The Kier molecular flexibility index (Phi) is 4.11. The molecule has 76 valence electrons. The Morgan fingerprint density at radius 1 is 1.62 bits per heavy atom. The molecule has 0 saturated carbocycles. The molecule has 1 rings (SSSR count). The maximum Gasteiger partial charge on any atom is 0.224 e. The number of rotatable bonds is 2. The van der Waals surface area contributed by atoms with E-state index in [-0.39, 0.29) is 24.3 Å². The van der Waals surface area contributed by atoms with Crippen molar-refractivity contribution in [2.45, 2.75) is 40.5 Å². The summed E-state index contributed by atoms with van der Waals surface area (Å²) in [7, 11) is 0. The van der Waals surface area contributed by atoms with Crippen molar-refractivity contribution in [2.75, 3.05) is 6.54 Å². The monoisotopic (exact) mass is 185 g/mol. The third-order valence-electron chi connectivity index (χ3n) is 2.29. The maximum absolute atomic E-state index is 10.2. The summed E-state index contributed by atoms with van der Waals surface area (Å²) in [5, 5.41) is 10.2. The molecule has 0 spiro atoms. The molecule has 0 aromatic rings. The van der Waals surface area contributed by atoms with Crippen molar-refractivity contribution in [3.63, 3.8) is 0 Å². The van der Waals surface area contributed by atoms with Crippen LogP contribution in [-0.4, -0.2) is 11.5 Å². The van der Waals surface area contributed by atoms with Crippen LogP contribution in [0.1, 0.15) is 40.5 Å². The van der Waals surface area contributed by atoms with Gasteiger partial charge in [-0.05, 0) is 30.3 Å². The SMILES string of the molecule is C.CC1(C)CCC=C(C[N+](=O)[O-])C1. The number of hydrogen-bond acceptors (Lipinski definition) is 2. The highest BCUT2D eigenvalue weighted by Gasteiger charge is 2.24. The van der Waals surface area contributed by atoms with E-state index in [1.165, 1.54) is 0 Å². The minimum absolute atomic E-state index is 0. The third kappa shape index (κ3) is 4.06. The first kappa shape index (κ1) is 12.1. The van der Waals surface area contributed by atoms with E-state index in [0.717, 1.165) is 24.8 Å². The summed E-state index contributed by atoms with van der Waals surface area (Å²) in [6.45, 7) is 4.36. The van der Waals surface area contributed by atoms with E-state index in [9.17, 15) is 10.1 Å². The lowest BCUT2D eigenvalue weighted by atomic mass is 9.77. The molecular formula is C10H19NO2. The summed E-state index contributed by atoms with van der Waals surface area (Å²) >= 11 is 0. The van der Waals surface area contributed by atoms with Crippen LogP contribution < -0.4 is 0 Å². The molecule has 0 atom stereocenters. The molecule has 0 saturated heterocycles. The van der Waals surface area contributed by atoms with Crippen LogP contribution in [0.15, 0.2) is 11.6 Å². The Labute approximate surface area is 80.0 Å². The fraction of sp³-hybridized carbons (Fsp3) is 0.800. The lowest BCUT2D eigenvalue weighted by Crippen LogP contribution is -2.19. The molecule has 0 heterocycles. The zero-order valence-corrected chi connectivity index (χ0v) is 7.67. The van der Waals surface area contributed by atoms with E-state index in [2.05, 4.69) is 13.8 Å². The van der Waals surface area contributed by atoms with Gasteiger partial charge in [-0.3, -0.25) is 10.1 Å². The van der Waals surface area contributed by atoms with Gasteiger partial charge in [0.25, 0.3) is 0 Å². The fourth-order valence-corrected chi connectivity index (χ4v) is 1.73. The highest BCUT2D eigenvalue weighted by atomic mass is 16.6. The second-order valence-corrected chi connectivity index (χ2v) is 4.23. The summed E-state index contributed by atoms with van der Waals surface area (Å²) in [6.07, 6.45) is 5.05. The zero-order valence-electron chi connectivity index (χ0n) is 7.67. The van der Waals surface area contributed by atoms with Gasteiger partial charge < -0.3 is 0 Å². The standard InChI is InChI=1S/C9H15NO2.CH4/c1-9(2)5-3-4-8(6-9)7-10(11)12;/h4H,3,5-7H2,1-2H3;1H4. The van der Waals surface area contributed by atoms with Gasteiger partial charge in [-0.15, -0.1) is 0 Å². The molecule has 1 aliphatic rings. The minimum Gasteiger partial charge on any atom is -0.264 e. The molecule has 3 nitrogen and oxygen atoms in total. The van der Waals surface area contributed by atoms with Crippen molar-refractivity contribution in [3.8, 4) is 0 Å². The summed E-state index contributed by atoms with van der Waals surface area (Å²) in [4.78, 5) is 10.0. The van der Waals surface area contributed by atoms with Gasteiger partial charge in [0, 0.05) is 4.92 Å². The van der Waals surface area contributed by atoms with Crippen molar-refractivity contribution in [1.29, 1.82) is 0 Å². The Morgan fingerprint density at radius 3 is 2.69 bits per heavy atom. The minimum atomic E-state index is -0.243. The molecule has 0 aromatic carbocycles. The van der Waals surface area contributed by atoms with Crippen LogP contribution in [0, 0.1) is 15.5 Å². The molecule has 0 unspecified atom stereocenters. The highest BCUT2D eigenvalue weighted by molar-refractivity contribution is 5.09. The van der Waals surface area contributed by atoms with Crippen molar-refractivity contribution in [1.82, 2.24) is 0 Å². The van der Waals surface area contributed by atoms with Gasteiger partial charge in [-0.1, -0.05) is 27.4 Å². The average molecular weight is 185 g/mol. The molecule has 0 aromatic heterocycles. The molecule has 0 amide bonds. The summed E-state index contributed by atoms with van der Waals surface area (Å²) in [6, 6.07) is 0. The van der Waals surface area contributed by atoms with Crippen LogP contribution in [0.4, 0.5) is 0 Å². The molecule has 3 heteroatoms. The molecule has 0 radical (unpaired) electrons. The number of allylic oxidation sites excluding steroid dienone is 1. The van der Waals surface area contributed by atoms with Crippen LogP contribution in [0.3, 0.4) is 0 Å². The Hall–Kier alpha value is -0.860. The van der Waals surface area contributed by atoms with E-state index in [4.69, 9.17) is 0 Å². The largest absolute Gasteiger partial charge is 0.264 e. The van der Waals surface area contributed by atoms with Crippen LogP contribution in [0.2, 0.25) is 0 Å². The number of nitrogens with zero attached hydrogens (tertiary/aromatic N) is 1. The first-order chi connectivity index (χ1) is 5.49. The summed E-state index contributed by atoms with van der Waals surface area (Å²) < 4.78 is 0. The molecule has 0 fully saturated rings. The van der Waals surface area contributed by atoms with Gasteiger partial charge >= 0.3 is 0 Å². The average Bonchev–Trinajstić information content (AvgIpc) is 1.82. The predicted octanol–water partition coefficient (Wildman–Crippen LogP) is 3.04. The first-order valence-corrected chi connectivity index (χ1v) is 4.29. The molecule has 0 N–H and O–H groups in total. The van der Waals surface area contributed by atoms with Crippen LogP contribution in [0.25, 0.3) is 0 Å². The Bertz CT molecular complexity index is 219. The van der Waals surface area contributed by atoms with Crippen LogP contribution in [-0.2, 0) is 0 Å². The van der Waals surface area contributed by atoms with E-state index >= 15 is 0 Å². The van der Waals surface area contributed by atoms with Crippen molar-refractivity contribution >= 4 is 0 Å². The Balaban J connectivity index is 0.00000144. The Morgan fingerprint density at radius 2 is 2.23 bits per heavy atom. The first-order valence-electron chi connectivity index (χ1n) is 4.29. The van der Waals surface area contributed by atoms with E-state index in [1.54, 1.807) is 0 Å². The molecular weight excluding hydrogens is 166 g/mol. The van der Waals surface area contributed by atoms with Gasteiger partial charge in [0.15, 0.2) is 0 Å². The van der Waals surface area contributed by atoms with Gasteiger partial charge in [-0.25, -0.2) is 0 Å². The second kappa shape index (κ2) is 4.40.